The first-order valence-corrected chi connectivity index (χ1v) is 12.4. The number of nitrogens with one attached hydrogen (secondary N) is 1. The molecule has 0 saturated heterocycles. The summed E-state index contributed by atoms with van der Waals surface area (Å²) in [4.78, 5) is 24.5. The summed E-state index contributed by atoms with van der Waals surface area (Å²) in [7, 11) is -3.97. The normalized spacial score (nSPS) is 11.1. The third kappa shape index (κ3) is 6.51. The standard InChI is InChI=1S/C26H26FNO5S/c1-3-4-5-19-7-14-23(15-8-19)28-34(31,32)25-16-21(9-6-18(25)2)26(30)33-17-24(29)20-10-12-22(27)13-11-20/h6-16,28H,3-5,17H2,1-2H3. The van der Waals surface area contributed by atoms with E-state index in [1.165, 1.54) is 30.3 Å². The number of hydrogen-bond donors (Lipinski definition) is 1. The number of halogens is 1. The molecule has 0 fully saturated rings. The Morgan fingerprint density at radius 1 is 0.941 bits per heavy atom. The number of anilines is 1. The molecule has 3 rings (SSSR count). The van der Waals surface area contributed by atoms with Gasteiger partial charge in [0.25, 0.3) is 10.0 Å². The Labute approximate surface area is 198 Å². The molecular weight excluding hydrogens is 457 g/mol. The molecule has 0 unspecified atom stereocenters. The van der Waals surface area contributed by atoms with Crippen molar-refractivity contribution in [3.63, 3.8) is 0 Å². The van der Waals surface area contributed by atoms with E-state index in [1.54, 1.807) is 19.1 Å². The van der Waals surface area contributed by atoms with Crippen molar-refractivity contribution in [2.24, 2.45) is 0 Å². The molecule has 0 heterocycles. The minimum atomic E-state index is -3.97. The number of hydrogen-bond acceptors (Lipinski definition) is 5. The van der Waals surface area contributed by atoms with Crippen molar-refractivity contribution in [3.8, 4) is 0 Å². The van der Waals surface area contributed by atoms with E-state index in [0.717, 1.165) is 37.0 Å². The largest absolute Gasteiger partial charge is 0.454 e. The average molecular weight is 484 g/mol. The highest BCUT2D eigenvalue weighted by atomic mass is 32.2. The quantitative estimate of drug-likeness (QED) is 0.312. The number of carbonyl (C=O) groups excluding carboxylic acids is 2. The lowest BCUT2D eigenvalue weighted by Gasteiger charge is -2.12. The molecule has 3 aromatic carbocycles. The Kier molecular flexibility index (Phi) is 8.17. The topological polar surface area (TPSA) is 89.5 Å². The number of rotatable bonds is 10. The molecule has 1 N–H and O–H groups in total. The number of unbranched alkanes of at least 4 members (excludes halogenated alkanes) is 1. The van der Waals surface area contributed by atoms with Crippen molar-refractivity contribution in [2.45, 2.75) is 38.0 Å². The van der Waals surface area contributed by atoms with Crippen LogP contribution in [0.2, 0.25) is 0 Å². The molecule has 0 aliphatic heterocycles. The van der Waals surface area contributed by atoms with Crippen LogP contribution in [-0.4, -0.2) is 26.8 Å². The van der Waals surface area contributed by atoms with Gasteiger partial charge >= 0.3 is 5.97 Å². The average Bonchev–Trinajstić information content (AvgIpc) is 2.82. The van der Waals surface area contributed by atoms with Gasteiger partial charge in [0, 0.05) is 11.3 Å². The van der Waals surface area contributed by atoms with Crippen LogP contribution in [0, 0.1) is 12.7 Å². The van der Waals surface area contributed by atoms with E-state index < -0.39 is 34.2 Å². The third-order valence-corrected chi connectivity index (χ3v) is 6.76. The second-order valence-electron chi connectivity index (χ2n) is 7.89. The fraction of sp³-hybridized carbons (Fsp3) is 0.231. The SMILES string of the molecule is CCCCc1ccc(NS(=O)(=O)c2cc(C(=O)OCC(=O)c3ccc(F)cc3)ccc2C)cc1. The number of aryl methyl sites for hydroxylation is 2. The van der Waals surface area contributed by atoms with E-state index in [1.807, 2.05) is 12.1 Å². The van der Waals surface area contributed by atoms with Gasteiger partial charge in [-0.1, -0.05) is 31.5 Å². The summed E-state index contributed by atoms with van der Waals surface area (Å²) in [5, 5.41) is 0. The zero-order valence-electron chi connectivity index (χ0n) is 19.0. The predicted octanol–water partition coefficient (Wildman–Crippen LogP) is 5.32. The van der Waals surface area contributed by atoms with E-state index >= 15 is 0 Å². The van der Waals surface area contributed by atoms with Gasteiger partial charge in [0.15, 0.2) is 12.4 Å². The molecule has 8 heteroatoms. The Balaban J connectivity index is 1.70. The van der Waals surface area contributed by atoms with Crippen LogP contribution in [-0.2, 0) is 21.2 Å². The molecule has 0 radical (unpaired) electrons. The van der Waals surface area contributed by atoms with Crippen molar-refractivity contribution < 1.29 is 27.1 Å². The van der Waals surface area contributed by atoms with Crippen LogP contribution < -0.4 is 4.72 Å². The number of Topliss-reactive ketones (excluding diaryl/α,β-unsaturated/α-hetero) is 1. The van der Waals surface area contributed by atoms with E-state index in [9.17, 15) is 22.4 Å². The highest BCUT2D eigenvalue weighted by molar-refractivity contribution is 7.92. The first-order valence-electron chi connectivity index (χ1n) is 10.9. The molecule has 0 saturated carbocycles. The van der Waals surface area contributed by atoms with Crippen molar-refractivity contribution in [1.29, 1.82) is 0 Å². The minimum absolute atomic E-state index is 0.00667. The maximum atomic E-state index is 13.0. The highest BCUT2D eigenvalue weighted by Gasteiger charge is 2.20. The van der Waals surface area contributed by atoms with Gasteiger partial charge in [-0.3, -0.25) is 9.52 Å². The van der Waals surface area contributed by atoms with Crippen LogP contribution in [0.15, 0.2) is 71.6 Å². The first kappa shape index (κ1) is 25.1. The van der Waals surface area contributed by atoms with Crippen LogP contribution in [0.1, 0.15) is 51.6 Å². The highest BCUT2D eigenvalue weighted by Crippen LogP contribution is 2.22. The lowest BCUT2D eigenvalue weighted by Crippen LogP contribution is -2.17. The van der Waals surface area contributed by atoms with Gasteiger partial charge in [-0.25, -0.2) is 17.6 Å². The summed E-state index contributed by atoms with van der Waals surface area (Å²) >= 11 is 0. The number of benzene rings is 3. The maximum absolute atomic E-state index is 13.0. The summed E-state index contributed by atoms with van der Waals surface area (Å²) in [5.41, 5.74) is 2.18. The molecule has 0 atom stereocenters. The summed E-state index contributed by atoms with van der Waals surface area (Å²) in [5.74, 6) is -1.83. The Hall–Kier alpha value is -3.52. The lowest BCUT2D eigenvalue weighted by molar-refractivity contribution is 0.0474. The van der Waals surface area contributed by atoms with Crippen molar-refractivity contribution in [2.75, 3.05) is 11.3 Å². The van der Waals surface area contributed by atoms with E-state index in [-0.39, 0.29) is 16.0 Å². The second-order valence-corrected chi connectivity index (χ2v) is 9.54. The molecule has 6 nitrogen and oxygen atoms in total. The minimum Gasteiger partial charge on any atom is -0.454 e. The molecule has 0 aliphatic carbocycles. The molecule has 0 amide bonds. The molecular formula is C26H26FNO5S. The zero-order valence-corrected chi connectivity index (χ0v) is 19.8. The summed E-state index contributed by atoms with van der Waals surface area (Å²) in [6.45, 7) is 3.18. The molecule has 178 valence electrons. The monoisotopic (exact) mass is 483 g/mol. The summed E-state index contributed by atoms with van der Waals surface area (Å²) < 4.78 is 46.6. The smallest absolute Gasteiger partial charge is 0.338 e. The zero-order chi connectivity index (χ0) is 24.7. The van der Waals surface area contributed by atoms with Crippen LogP contribution >= 0.6 is 0 Å². The summed E-state index contributed by atoms with van der Waals surface area (Å²) in [6.07, 6.45) is 3.06. The molecule has 3 aromatic rings. The van der Waals surface area contributed by atoms with Crippen LogP contribution in [0.5, 0.6) is 0 Å². The van der Waals surface area contributed by atoms with Crippen LogP contribution in [0.25, 0.3) is 0 Å². The Morgan fingerprint density at radius 3 is 2.24 bits per heavy atom. The summed E-state index contributed by atoms with van der Waals surface area (Å²) in [6, 6.07) is 16.2. The Bertz CT molecular complexity index is 1270. The predicted molar refractivity (Wildman–Crippen MR) is 128 cm³/mol. The molecule has 0 aliphatic rings. The van der Waals surface area contributed by atoms with Gasteiger partial charge in [0.1, 0.15) is 5.82 Å². The van der Waals surface area contributed by atoms with E-state index in [4.69, 9.17) is 4.74 Å². The van der Waals surface area contributed by atoms with Gasteiger partial charge in [-0.05, 0) is 79.4 Å². The van der Waals surface area contributed by atoms with Crippen molar-refractivity contribution >= 4 is 27.5 Å². The maximum Gasteiger partial charge on any atom is 0.338 e. The van der Waals surface area contributed by atoms with Gasteiger partial charge in [0.05, 0.1) is 10.5 Å². The number of esters is 1. The lowest BCUT2D eigenvalue weighted by atomic mass is 10.1. The molecule has 0 bridgehead atoms. The number of ketones is 1. The van der Waals surface area contributed by atoms with Gasteiger partial charge in [0.2, 0.25) is 0 Å². The van der Waals surface area contributed by atoms with E-state index in [0.29, 0.717) is 11.3 Å². The van der Waals surface area contributed by atoms with E-state index in [2.05, 4.69) is 11.6 Å². The van der Waals surface area contributed by atoms with Gasteiger partial charge < -0.3 is 4.74 Å². The van der Waals surface area contributed by atoms with Gasteiger partial charge in [-0.2, -0.15) is 0 Å². The fourth-order valence-corrected chi connectivity index (χ4v) is 4.61. The van der Waals surface area contributed by atoms with Crippen molar-refractivity contribution in [1.82, 2.24) is 0 Å². The van der Waals surface area contributed by atoms with Gasteiger partial charge in [-0.15, -0.1) is 0 Å². The molecule has 0 aromatic heterocycles. The fourth-order valence-electron chi connectivity index (χ4n) is 3.28. The van der Waals surface area contributed by atoms with Crippen molar-refractivity contribution in [3.05, 3.63) is 94.8 Å². The third-order valence-electron chi connectivity index (χ3n) is 5.24. The molecule has 0 spiro atoms. The van der Waals surface area contributed by atoms with Crippen LogP contribution in [0.4, 0.5) is 10.1 Å². The number of ether oxygens (including phenoxy) is 1. The number of sulfonamides is 1. The van der Waals surface area contributed by atoms with Crippen LogP contribution in [0.3, 0.4) is 0 Å². The first-order chi connectivity index (χ1) is 16.2. The molecule has 34 heavy (non-hydrogen) atoms. The second kappa shape index (κ2) is 11.1. The number of carbonyl (C=O) groups is 2. The Morgan fingerprint density at radius 2 is 1.59 bits per heavy atom.